The molecular formula is C17H24N2O3. The Morgan fingerprint density at radius 2 is 2.18 bits per heavy atom. The van der Waals surface area contributed by atoms with Crippen LogP contribution in [0.5, 0.6) is 5.75 Å². The van der Waals surface area contributed by atoms with Gasteiger partial charge in [0.1, 0.15) is 24.5 Å². The Morgan fingerprint density at radius 1 is 1.45 bits per heavy atom. The van der Waals surface area contributed by atoms with Crippen molar-refractivity contribution in [2.24, 2.45) is 0 Å². The van der Waals surface area contributed by atoms with Crippen molar-refractivity contribution in [3.63, 3.8) is 0 Å². The summed E-state index contributed by atoms with van der Waals surface area (Å²) in [5.74, 6) is 0.490. The standard InChI is InChI=1S/C17H24N2O3/c1-17(2,21)16-8-5-9-19(16)11-14(20)12-22-15-7-4-3-6-13(15)10-18/h3-4,6-7,14,16,20-21H,5,8-9,11-12H2,1-2H3. The quantitative estimate of drug-likeness (QED) is 0.833. The largest absolute Gasteiger partial charge is 0.489 e. The number of hydrogen-bond donors (Lipinski definition) is 2. The number of hydrogen-bond acceptors (Lipinski definition) is 5. The Kier molecular flexibility index (Phi) is 5.41. The van der Waals surface area contributed by atoms with Crippen LogP contribution in [-0.2, 0) is 0 Å². The maximum atomic E-state index is 10.2. The number of para-hydroxylation sites is 1. The van der Waals surface area contributed by atoms with Crippen molar-refractivity contribution in [1.82, 2.24) is 4.90 Å². The monoisotopic (exact) mass is 304 g/mol. The minimum atomic E-state index is -0.773. The van der Waals surface area contributed by atoms with Gasteiger partial charge in [-0.15, -0.1) is 0 Å². The summed E-state index contributed by atoms with van der Waals surface area (Å²) in [6.07, 6.45) is 1.31. The summed E-state index contributed by atoms with van der Waals surface area (Å²) in [5.41, 5.74) is -0.310. The first-order valence-electron chi connectivity index (χ1n) is 7.68. The van der Waals surface area contributed by atoms with Crippen molar-refractivity contribution < 1.29 is 14.9 Å². The Bertz CT molecular complexity index is 533. The van der Waals surface area contributed by atoms with Crippen LogP contribution in [0.3, 0.4) is 0 Å². The maximum absolute atomic E-state index is 10.2. The molecule has 22 heavy (non-hydrogen) atoms. The first-order chi connectivity index (χ1) is 10.4. The molecule has 0 radical (unpaired) electrons. The van der Waals surface area contributed by atoms with Crippen LogP contribution in [0, 0.1) is 11.3 Å². The molecule has 5 nitrogen and oxygen atoms in total. The summed E-state index contributed by atoms with van der Waals surface area (Å²) in [4.78, 5) is 2.12. The van der Waals surface area contributed by atoms with Crippen molar-refractivity contribution >= 4 is 0 Å². The number of aliphatic hydroxyl groups excluding tert-OH is 1. The second-order valence-electron chi connectivity index (χ2n) is 6.38. The number of likely N-dealkylation sites (tertiary alicyclic amines) is 1. The number of nitrogens with zero attached hydrogens (tertiary/aromatic N) is 2. The van der Waals surface area contributed by atoms with Crippen molar-refractivity contribution in [2.75, 3.05) is 19.7 Å². The van der Waals surface area contributed by atoms with E-state index in [0.29, 0.717) is 17.9 Å². The molecule has 2 atom stereocenters. The molecule has 1 aromatic rings. The lowest BCUT2D eigenvalue weighted by atomic mass is 9.96. The number of nitriles is 1. The normalized spacial score (nSPS) is 20.6. The van der Waals surface area contributed by atoms with Gasteiger partial charge in [0, 0.05) is 12.6 Å². The smallest absolute Gasteiger partial charge is 0.137 e. The molecule has 0 spiro atoms. The van der Waals surface area contributed by atoms with Crippen LogP contribution in [0.2, 0.25) is 0 Å². The summed E-state index contributed by atoms with van der Waals surface area (Å²) in [6, 6.07) is 9.12. The highest BCUT2D eigenvalue weighted by Gasteiger charge is 2.36. The molecule has 1 aliphatic rings. The second kappa shape index (κ2) is 7.10. The molecule has 1 fully saturated rings. The van der Waals surface area contributed by atoms with Crippen LogP contribution in [0.1, 0.15) is 32.3 Å². The number of aliphatic hydroxyl groups is 2. The van der Waals surface area contributed by atoms with E-state index in [1.165, 1.54) is 0 Å². The molecule has 2 N–H and O–H groups in total. The maximum Gasteiger partial charge on any atom is 0.137 e. The average molecular weight is 304 g/mol. The molecule has 0 aromatic heterocycles. The van der Waals surface area contributed by atoms with Gasteiger partial charge in [-0.05, 0) is 45.4 Å². The average Bonchev–Trinajstić information content (AvgIpc) is 2.93. The van der Waals surface area contributed by atoms with Gasteiger partial charge in [-0.2, -0.15) is 5.26 Å². The minimum absolute atomic E-state index is 0.0635. The first-order valence-corrected chi connectivity index (χ1v) is 7.68. The van der Waals surface area contributed by atoms with Gasteiger partial charge in [0.15, 0.2) is 0 Å². The van der Waals surface area contributed by atoms with E-state index in [4.69, 9.17) is 10.00 Å². The molecule has 0 bridgehead atoms. The van der Waals surface area contributed by atoms with Crippen LogP contribution in [0.25, 0.3) is 0 Å². The lowest BCUT2D eigenvalue weighted by molar-refractivity contribution is -0.0210. The van der Waals surface area contributed by atoms with Gasteiger partial charge in [-0.3, -0.25) is 4.90 Å². The Morgan fingerprint density at radius 3 is 2.86 bits per heavy atom. The van der Waals surface area contributed by atoms with Gasteiger partial charge < -0.3 is 14.9 Å². The van der Waals surface area contributed by atoms with E-state index in [-0.39, 0.29) is 12.6 Å². The van der Waals surface area contributed by atoms with E-state index < -0.39 is 11.7 Å². The lowest BCUT2D eigenvalue weighted by Gasteiger charge is -2.34. The van der Waals surface area contributed by atoms with Gasteiger partial charge in [-0.25, -0.2) is 0 Å². The highest BCUT2D eigenvalue weighted by atomic mass is 16.5. The Balaban J connectivity index is 1.88. The topological polar surface area (TPSA) is 76.7 Å². The summed E-state index contributed by atoms with van der Waals surface area (Å²) in [6.45, 7) is 5.09. The molecule has 2 unspecified atom stereocenters. The number of ether oxygens (including phenoxy) is 1. The molecule has 1 aliphatic heterocycles. The lowest BCUT2D eigenvalue weighted by Crippen LogP contribution is -2.48. The van der Waals surface area contributed by atoms with Crippen molar-refractivity contribution in [2.45, 2.75) is 44.4 Å². The highest BCUT2D eigenvalue weighted by Crippen LogP contribution is 2.26. The minimum Gasteiger partial charge on any atom is -0.489 e. The van der Waals surface area contributed by atoms with E-state index in [2.05, 4.69) is 11.0 Å². The molecule has 0 amide bonds. The van der Waals surface area contributed by atoms with E-state index >= 15 is 0 Å². The first kappa shape index (κ1) is 16.8. The fourth-order valence-corrected chi connectivity index (χ4v) is 3.04. The molecule has 1 heterocycles. The van der Waals surface area contributed by atoms with Crippen molar-refractivity contribution in [3.8, 4) is 11.8 Å². The van der Waals surface area contributed by atoms with Crippen LogP contribution < -0.4 is 4.74 Å². The van der Waals surface area contributed by atoms with E-state index in [1.54, 1.807) is 24.3 Å². The van der Waals surface area contributed by atoms with Gasteiger partial charge >= 0.3 is 0 Å². The second-order valence-corrected chi connectivity index (χ2v) is 6.38. The molecule has 120 valence electrons. The number of benzene rings is 1. The van der Waals surface area contributed by atoms with Crippen LogP contribution in [0.15, 0.2) is 24.3 Å². The Labute approximate surface area is 131 Å². The summed E-state index contributed by atoms with van der Waals surface area (Å²) in [5, 5.41) is 29.4. The van der Waals surface area contributed by atoms with Crippen LogP contribution in [-0.4, -0.2) is 52.6 Å². The zero-order valence-electron chi connectivity index (χ0n) is 13.2. The third-order valence-electron chi connectivity index (χ3n) is 4.06. The third-order valence-corrected chi connectivity index (χ3v) is 4.06. The fraction of sp³-hybridized carbons (Fsp3) is 0.588. The predicted octanol–water partition coefficient (Wildman–Crippen LogP) is 1.53. The zero-order chi connectivity index (χ0) is 16.2. The molecule has 1 aromatic carbocycles. The van der Waals surface area contributed by atoms with Crippen LogP contribution >= 0.6 is 0 Å². The zero-order valence-corrected chi connectivity index (χ0v) is 13.2. The molecule has 5 heteroatoms. The molecule has 0 aliphatic carbocycles. The van der Waals surface area contributed by atoms with Crippen molar-refractivity contribution in [1.29, 1.82) is 5.26 Å². The molecule has 1 saturated heterocycles. The molecule has 2 rings (SSSR count). The summed E-state index contributed by atoms with van der Waals surface area (Å²) in [7, 11) is 0. The van der Waals surface area contributed by atoms with E-state index in [1.807, 2.05) is 13.8 Å². The van der Waals surface area contributed by atoms with Gasteiger partial charge in [0.05, 0.1) is 11.2 Å². The van der Waals surface area contributed by atoms with Crippen molar-refractivity contribution in [3.05, 3.63) is 29.8 Å². The van der Waals surface area contributed by atoms with E-state index in [9.17, 15) is 10.2 Å². The fourth-order valence-electron chi connectivity index (χ4n) is 3.04. The predicted molar refractivity (Wildman–Crippen MR) is 83.6 cm³/mol. The third kappa shape index (κ3) is 4.20. The van der Waals surface area contributed by atoms with E-state index in [0.717, 1.165) is 19.4 Å². The number of β-amino-alcohol motifs (C(OH)–C–C–N with tert-alkyl or cyclic N) is 1. The van der Waals surface area contributed by atoms with Gasteiger partial charge in [-0.1, -0.05) is 12.1 Å². The van der Waals surface area contributed by atoms with Crippen LogP contribution in [0.4, 0.5) is 0 Å². The Hall–Kier alpha value is -1.61. The SMILES string of the molecule is CC(C)(O)C1CCCN1CC(O)COc1ccccc1C#N. The summed E-state index contributed by atoms with van der Waals surface area (Å²) < 4.78 is 5.56. The van der Waals surface area contributed by atoms with Gasteiger partial charge in [0.25, 0.3) is 0 Å². The molecular weight excluding hydrogens is 280 g/mol. The highest BCUT2D eigenvalue weighted by molar-refractivity contribution is 5.42. The number of rotatable bonds is 6. The molecule has 0 saturated carbocycles. The summed E-state index contributed by atoms with van der Waals surface area (Å²) >= 11 is 0. The van der Waals surface area contributed by atoms with Gasteiger partial charge in [0.2, 0.25) is 0 Å².